The van der Waals surface area contributed by atoms with Gasteiger partial charge in [-0.1, -0.05) is 41.9 Å². The summed E-state index contributed by atoms with van der Waals surface area (Å²) in [5, 5.41) is 0.474. The predicted octanol–water partition coefficient (Wildman–Crippen LogP) is 3.55. The van der Waals surface area contributed by atoms with E-state index in [0.717, 1.165) is 0 Å². The van der Waals surface area contributed by atoms with Crippen molar-refractivity contribution in [3.8, 4) is 0 Å². The Morgan fingerprint density at radius 2 is 1.74 bits per heavy atom. The number of ketones is 1. The van der Waals surface area contributed by atoms with E-state index >= 15 is 0 Å². The molecule has 7 heteroatoms. The Hall–Kier alpha value is -2.18. The van der Waals surface area contributed by atoms with Crippen LogP contribution in [0.5, 0.6) is 0 Å². The molecule has 0 bridgehead atoms. The van der Waals surface area contributed by atoms with E-state index in [0.29, 0.717) is 10.6 Å². The Balaban J connectivity index is 2.20. The topological polar surface area (TPSA) is 77.5 Å². The number of methoxy groups -OCH3 is 1. The van der Waals surface area contributed by atoms with E-state index in [4.69, 9.17) is 16.3 Å². The number of ether oxygens (including phenoxy) is 1. The van der Waals surface area contributed by atoms with Crippen LogP contribution < -0.4 is 0 Å². The van der Waals surface area contributed by atoms with Crippen molar-refractivity contribution < 1.29 is 22.7 Å². The van der Waals surface area contributed by atoms with Crippen LogP contribution in [0.3, 0.4) is 0 Å². The van der Waals surface area contributed by atoms with E-state index in [1.54, 1.807) is 42.5 Å². The molecule has 0 heterocycles. The zero-order valence-electron chi connectivity index (χ0n) is 14.7. The highest BCUT2D eigenvalue weighted by molar-refractivity contribution is 7.92. The molecule has 0 aliphatic heterocycles. The summed E-state index contributed by atoms with van der Waals surface area (Å²) in [6, 6.07) is 14.6. The third-order valence-corrected chi connectivity index (χ3v) is 7.90. The highest BCUT2D eigenvalue weighted by Gasteiger charge is 2.53. The molecule has 0 spiro atoms. The molecule has 142 valence electrons. The van der Waals surface area contributed by atoms with Gasteiger partial charge in [-0.2, -0.15) is 0 Å². The molecule has 1 fully saturated rings. The largest absolute Gasteiger partial charge is 0.468 e. The number of sulfone groups is 1. The van der Waals surface area contributed by atoms with Crippen LogP contribution in [0.15, 0.2) is 59.5 Å². The first-order valence-electron chi connectivity index (χ1n) is 8.48. The number of rotatable bonds is 4. The molecule has 0 saturated heterocycles. The van der Waals surface area contributed by atoms with E-state index in [-0.39, 0.29) is 29.9 Å². The molecule has 5 nitrogen and oxygen atoms in total. The molecule has 1 aliphatic carbocycles. The highest BCUT2D eigenvalue weighted by Crippen LogP contribution is 2.48. The number of Topliss-reactive ketones (excluding diaryl/α,β-unsaturated/α-hetero) is 1. The summed E-state index contributed by atoms with van der Waals surface area (Å²) in [5.74, 6) is -2.12. The third kappa shape index (κ3) is 3.39. The summed E-state index contributed by atoms with van der Waals surface area (Å²) in [4.78, 5) is 24.6. The van der Waals surface area contributed by atoms with Crippen molar-refractivity contribution in [1.29, 1.82) is 0 Å². The average molecular weight is 407 g/mol. The third-order valence-electron chi connectivity index (χ3n) is 5.12. The molecule has 0 radical (unpaired) electrons. The smallest absolute Gasteiger partial charge is 0.316 e. The monoisotopic (exact) mass is 406 g/mol. The van der Waals surface area contributed by atoms with Crippen LogP contribution in [0.1, 0.15) is 24.8 Å². The maximum Gasteiger partial charge on any atom is 0.316 e. The lowest BCUT2D eigenvalue weighted by Gasteiger charge is -2.39. The Bertz CT molecular complexity index is 946. The first-order chi connectivity index (χ1) is 12.8. The van der Waals surface area contributed by atoms with Gasteiger partial charge in [0.2, 0.25) is 0 Å². The van der Waals surface area contributed by atoms with E-state index in [2.05, 4.69) is 0 Å². The van der Waals surface area contributed by atoms with Gasteiger partial charge >= 0.3 is 5.97 Å². The van der Waals surface area contributed by atoms with Gasteiger partial charge in [0, 0.05) is 11.4 Å². The SMILES string of the molecule is COC(=O)C1CC(c2ccc(Cl)cc2)(S(=O)(=O)c2ccccc2)CCC1=O. The lowest BCUT2D eigenvalue weighted by atomic mass is 9.76. The maximum absolute atomic E-state index is 13.7. The maximum atomic E-state index is 13.7. The highest BCUT2D eigenvalue weighted by atomic mass is 35.5. The normalized spacial score (nSPS) is 23.0. The van der Waals surface area contributed by atoms with Gasteiger partial charge in [-0.25, -0.2) is 8.42 Å². The van der Waals surface area contributed by atoms with E-state index in [1.807, 2.05) is 0 Å². The standard InChI is InChI=1S/C20H19ClO5S/c1-26-19(23)17-13-20(12-11-18(17)22,14-7-9-15(21)10-8-14)27(24,25)16-5-3-2-4-6-16/h2-10,17H,11-13H2,1H3. The molecule has 0 amide bonds. The Kier molecular flexibility index (Phi) is 5.40. The summed E-state index contributed by atoms with van der Waals surface area (Å²) >= 11 is 5.97. The lowest BCUT2D eigenvalue weighted by Crippen LogP contribution is -2.46. The van der Waals surface area contributed by atoms with E-state index in [1.165, 1.54) is 19.2 Å². The predicted molar refractivity (Wildman–Crippen MR) is 101 cm³/mol. The summed E-state index contributed by atoms with van der Waals surface area (Å²) < 4.78 is 30.7. The van der Waals surface area contributed by atoms with Crippen LogP contribution in [-0.2, 0) is 28.9 Å². The second-order valence-electron chi connectivity index (χ2n) is 6.56. The zero-order chi connectivity index (χ0) is 19.7. The number of halogens is 1. The Morgan fingerprint density at radius 3 is 2.33 bits per heavy atom. The van der Waals surface area contributed by atoms with Crippen molar-refractivity contribution in [3.05, 3.63) is 65.2 Å². The second kappa shape index (κ2) is 7.44. The van der Waals surface area contributed by atoms with E-state index < -0.39 is 26.5 Å². The molecule has 0 N–H and O–H groups in total. The van der Waals surface area contributed by atoms with Crippen molar-refractivity contribution in [3.63, 3.8) is 0 Å². The molecule has 1 saturated carbocycles. The lowest BCUT2D eigenvalue weighted by molar-refractivity contribution is -0.151. The number of hydrogen-bond donors (Lipinski definition) is 0. The van der Waals surface area contributed by atoms with E-state index in [9.17, 15) is 18.0 Å². The van der Waals surface area contributed by atoms with Gasteiger partial charge in [0.1, 0.15) is 16.4 Å². The van der Waals surface area contributed by atoms with Gasteiger partial charge < -0.3 is 4.74 Å². The van der Waals surface area contributed by atoms with Crippen LogP contribution in [-0.4, -0.2) is 27.3 Å². The number of benzene rings is 2. The number of carbonyl (C=O) groups excluding carboxylic acids is 2. The van der Waals surface area contributed by atoms with Crippen LogP contribution in [0.25, 0.3) is 0 Å². The van der Waals surface area contributed by atoms with Crippen LogP contribution in [0.2, 0.25) is 5.02 Å². The molecule has 1 aliphatic rings. The Morgan fingerprint density at radius 1 is 1.11 bits per heavy atom. The minimum Gasteiger partial charge on any atom is -0.468 e. The van der Waals surface area contributed by atoms with Crippen LogP contribution >= 0.6 is 11.6 Å². The molecule has 2 aromatic carbocycles. The van der Waals surface area contributed by atoms with Gasteiger partial charge in [-0.05, 0) is 42.7 Å². The second-order valence-corrected chi connectivity index (χ2v) is 9.26. The molecular formula is C20H19ClO5S. The Labute approximate surface area is 163 Å². The first-order valence-corrected chi connectivity index (χ1v) is 10.3. The number of esters is 1. The fourth-order valence-corrected chi connectivity index (χ4v) is 5.94. The minimum atomic E-state index is -3.89. The number of carbonyl (C=O) groups is 2. The molecular weight excluding hydrogens is 388 g/mol. The summed E-state index contributed by atoms with van der Waals surface area (Å²) in [6.07, 6.45) is -0.0794. The van der Waals surface area contributed by atoms with Crippen molar-refractivity contribution in [1.82, 2.24) is 0 Å². The van der Waals surface area contributed by atoms with Crippen molar-refractivity contribution in [2.45, 2.75) is 28.9 Å². The quantitative estimate of drug-likeness (QED) is 0.573. The van der Waals surface area contributed by atoms with Gasteiger partial charge in [0.25, 0.3) is 0 Å². The van der Waals surface area contributed by atoms with Gasteiger partial charge in [-0.15, -0.1) is 0 Å². The molecule has 2 aromatic rings. The zero-order valence-corrected chi connectivity index (χ0v) is 16.3. The van der Waals surface area contributed by atoms with Crippen LogP contribution in [0, 0.1) is 5.92 Å². The van der Waals surface area contributed by atoms with Gasteiger partial charge in [-0.3, -0.25) is 9.59 Å². The summed E-state index contributed by atoms with van der Waals surface area (Å²) in [7, 11) is -2.70. The average Bonchev–Trinajstić information content (AvgIpc) is 2.69. The van der Waals surface area contributed by atoms with Crippen molar-refractivity contribution in [2.24, 2.45) is 5.92 Å². The van der Waals surface area contributed by atoms with Crippen molar-refractivity contribution in [2.75, 3.05) is 7.11 Å². The minimum absolute atomic E-state index is 0.0194. The summed E-state index contributed by atoms with van der Waals surface area (Å²) in [6.45, 7) is 0. The fraction of sp³-hybridized carbons (Fsp3) is 0.300. The van der Waals surface area contributed by atoms with Gasteiger partial charge in [0.15, 0.2) is 9.84 Å². The summed E-state index contributed by atoms with van der Waals surface area (Å²) in [5.41, 5.74) is 0.511. The molecule has 27 heavy (non-hydrogen) atoms. The van der Waals surface area contributed by atoms with Crippen LogP contribution in [0.4, 0.5) is 0 Å². The molecule has 0 aromatic heterocycles. The molecule has 2 unspecified atom stereocenters. The van der Waals surface area contributed by atoms with Crippen molar-refractivity contribution >= 4 is 33.2 Å². The first kappa shape index (κ1) is 19.6. The molecule has 3 rings (SSSR count). The van der Waals surface area contributed by atoms with Gasteiger partial charge in [0.05, 0.1) is 12.0 Å². The fourth-order valence-electron chi connectivity index (χ4n) is 3.64. The number of hydrogen-bond acceptors (Lipinski definition) is 5. The molecule has 2 atom stereocenters.